The Balaban J connectivity index is 2.03. The average Bonchev–Trinajstić information content (AvgIpc) is 2.46. The molecule has 1 aromatic heterocycles. The van der Waals surface area contributed by atoms with Crippen molar-refractivity contribution in [1.82, 2.24) is 4.98 Å². The number of hydrogen-bond donors (Lipinski definition) is 2. The zero-order chi connectivity index (χ0) is 17.9. The number of aromatic nitrogens is 1. The summed E-state index contributed by atoms with van der Waals surface area (Å²) in [6.45, 7) is 6.20. The smallest absolute Gasteiger partial charge is 0.338 e. The zero-order valence-corrected chi connectivity index (χ0v) is 13.8. The van der Waals surface area contributed by atoms with Gasteiger partial charge in [0.15, 0.2) is 0 Å². The second-order valence-corrected chi connectivity index (χ2v) is 6.53. The van der Waals surface area contributed by atoms with Crippen molar-refractivity contribution < 1.29 is 19.1 Å². The van der Waals surface area contributed by atoms with Gasteiger partial charge in [-0.15, -0.1) is 0 Å². The first-order valence-electron chi connectivity index (χ1n) is 7.45. The Hall–Kier alpha value is -2.76. The molecule has 6 heteroatoms. The molecule has 24 heavy (non-hydrogen) atoms. The standard InChI is InChI=1S/C18H19FN2O3/c1-18(2,3)12-5-7-15(20-10-12)21-16(22)9-11-4-6-13(17(23)24)14(19)8-11/h4-8,10H,9H2,1-3H3,(H,23,24)(H,20,21,22). The number of carboxylic acid groups (broad SMARTS) is 1. The van der Waals surface area contributed by atoms with E-state index in [4.69, 9.17) is 5.11 Å². The molecule has 0 radical (unpaired) electrons. The Labute approximate surface area is 139 Å². The molecule has 0 unspecified atom stereocenters. The average molecular weight is 330 g/mol. The molecule has 0 aliphatic carbocycles. The van der Waals surface area contributed by atoms with E-state index in [-0.39, 0.29) is 17.7 Å². The van der Waals surface area contributed by atoms with Crippen LogP contribution in [0.1, 0.15) is 42.3 Å². The number of halogens is 1. The third-order valence-electron chi connectivity index (χ3n) is 3.53. The van der Waals surface area contributed by atoms with Crippen LogP contribution in [0.3, 0.4) is 0 Å². The lowest BCUT2D eigenvalue weighted by molar-refractivity contribution is -0.115. The molecular weight excluding hydrogens is 311 g/mol. The highest BCUT2D eigenvalue weighted by Gasteiger charge is 2.15. The van der Waals surface area contributed by atoms with Crippen molar-refractivity contribution in [3.05, 3.63) is 59.0 Å². The maximum atomic E-state index is 13.6. The van der Waals surface area contributed by atoms with Crippen molar-refractivity contribution in [3.8, 4) is 0 Å². The number of nitrogens with one attached hydrogen (secondary N) is 1. The van der Waals surface area contributed by atoms with Crippen molar-refractivity contribution in [2.45, 2.75) is 32.6 Å². The van der Waals surface area contributed by atoms with Gasteiger partial charge in [0.05, 0.1) is 12.0 Å². The first kappa shape index (κ1) is 17.6. The van der Waals surface area contributed by atoms with Gasteiger partial charge in [0.2, 0.25) is 5.91 Å². The van der Waals surface area contributed by atoms with Gasteiger partial charge in [-0.05, 0) is 34.7 Å². The minimum Gasteiger partial charge on any atom is -0.478 e. The fourth-order valence-electron chi connectivity index (χ4n) is 2.13. The summed E-state index contributed by atoms with van der Waals surface area (Å²) in [5.74, 6) is -2.14. The van der Waals surface area contributed by atoms with Crippen molar-refractivity contribution >= 4 is 17.7 Å². The highest BCUT2D eigenvalue weighted by atomic mass is 19.1. The maximum absolute atomic E-state index is 13.6. The fourth-order valence-corrected chi connectivity index (χ4v) is 2.13. The Morgan fingerprint density at radius 3 is 2.42 bits per heavy atom. The number of benzene rings is 1. The lowest BCUT2D eigenvalue weighted by Crippen LogP contribution is -2.17. The van der Waals surface area contributed by atoms with Crippen LogP contribution in [-0.2, 0) is 16.6 Å². The number of carbonyl (C=O) groups excluding carboxylic acids is 1. The largest absolute Gasteiger partial charge is 0.478 e. The normalized spacial score (nSPS) is 11.2. The number of rotatable bonds is 4. The maximum Gasteiger partial charge on any atom is 0.338 e. The molecule has 0 spiro atoms. The van der Waals surface area contributed by atoms with Gasteiger partial charge in [0, 0.05) is 6.20 Å². The van der Waals surface area contributed by atoms with Gasteiger partial charge in [0.1, 0.15) is 11.6 Å². The Morgan fingerprint density at radius 2 is 1.92 bits per heavy atom. The Kier molecular flexibility index (Phi) is 4.97. The molecule has 2 N–H and O–H groups in total. The van der Waals surface area contributed by atoms with Gasteiger partial charge >= 0.3 is 5.97 Å². The summed E-state index contributed by atoms with van der Waals surface area (Å²) < 4.78 is 13.6. The van der Waals surface area contributed by atoms with E-state index in [9.17, 15) is 14.0 Å². The summed E-state index contributed by atoms with van der Waals surface area (Å²) in [6, 6.07) is 7.23. The van der Waals surface area contributed by atoms with Crippen LogP contribution in [0, 0.1) is 5.82 Å². The summed E-state index contributed by atoms with van der Waals surface area (Å²) in [7, 11) is 0. The molecule has 126 valence electrons. The number of carboxylic acids is 1. The molecule has 0 atom stereocenters. The third-order valence-corrected chi connectivity index (χ3v) is 3.53. The van der Waals surface area contributed by atoms with E-state index in [1.165, 1.54) is 6.07 Å². The summed E-state index contributed by atoms with van der Waals surface area (Å²) in [5.41, 5.74) is 0.991. The monoisotopic (exact) mass is 330 g/mol. The molecule has 1 heterocycles. The first-order chi connectivity index (χ1) is 11.2. The van der Waals surface area contributed by atoms with Crippen molar-refractivity contribution in [2.24, 2.45) is 0 Å². The van der Waals surface area contributed by atoms with Gasteiger partial charge in [-0.1, -0.05) is 32.9 Å². The number of hydrogen-bond acceptors (Lipinski definition) is 3. The highest BCUT2D eigenvalue weighted by Crippen LogP contribution is 2.22. The number of pyridine rings is 1. The zero-order valence-electron chi connectivity index (χ0n) is 13.8. The molecule has 2 aromatic rings. The lowest BCUT2D eigenvalue weighted by atomic mass is 9.88. The van der Waals surface area contributed by atoms with Gasteiger partial charge in [-0.2, -0.15) is 0 Å². The molecular formula is C18H19FN2O3. The van der Waals surface area contributed by atoms with Gasteiger partial charge in [0.25, 0.3) is 0 Å². The molecule has 0 bridgehead atoms. The first-order valence-corrected chi connectivity index (χ1v) is 7.45. The fraction of sp³-hybridized carbons (Fsp3) is 0.278. The molecule has 5 nitrogen and oxygen atoms in total. The molecule has 0 saturated carbocycles. The van der Waals surface area contributed by atoms with Crippen LogP contribution >= 0.6 is 0 Å². The molecule has 0 saturated heterocycles. The predicted molar refractivity (Wildman–Crippen MR) is 88.6 cm³/mol. The van der Waals surface area contributed by atoms with Crippen molar-refractivity contribution in [2.75, 3.05) is 5.32 Å². The number of aromatic carboxylic acids is 1. The van der Waals surface area contributed by atoms with Crippen LogP contribution in [0.5, 0.6) is 0 Å². The summed E-state index contributed by atoms with van der Waals surface area (Å²) in [5, 5.41) is 11.4. The predicted octanol–water partition coefficient (Wildman–Crippen LogP) is 3.40. The van der Waals surface area contributed by atoms with E-state index >= 15 is 0 Å². The molecule has 0 aliphatic heterocycles. The number of nitrogens with zero attached hydrogens (tertiary/aromatic N) is 1. The highest BCUT2D eigenvalue weighted by molar-refractivity contribution is 5.92. The second-order valence-electron chi connectivity index (χ2n) is 6.53. The van der Waals surface area contributed by atoms with Crippen LogP contribution in [0.2, 0.25) is 0 Å². The van der Waals surface area contributed by atoms with E-state index in [0.717, 1.165) is 17.7 Å². The number of anilines is 1. The summed E-state index contributed by atoms with van der Waals surface area (Å²) in [4.78, 5) is 27.0. The molecule has 0 aliphatic rings. The van der Waals surface area contributed by atoms with Crippen molar-refractivity contribution in [1.29, 1.82) is 0 Å². The van der Waals surface area contributed by atoms with E-state index in [1.807, 2.05) is 6.07 Å². The van der Waals surface area contributed by atoms with E-state index in [2.05, 4.69) is 31.1 Å². The van der Waals surface area contributed by atoms with E-state index in [1.54, 1.807) is 12.3 Å². The van der Waals surface area contributed by atoms with E-state index < -0.39 is 17.3 Å². The van der Waals surface area contributed by atoms with Crippen LogP contribution in [-0.4, -0.2) is 22.0 Å². The number of carbonyl (C=O) groups is 2. The molecule has 2 rings (SSSR count). The number of amides is 1. The third kappa shape index (κ3) is 4.38. The lowest BCUT2D eigenvalue weighted by Gasteiger charge is -2.18. The van der Waals surface area contributed by atoms with Crippen LogP contribution < -0.4 is 5.32 Å². The molecule has 1 amide bonds. The van der Waals surface area contributed by atoms with Crippen LogP contribution in [0.4, 0.5) is 10.2 Å². The topological polar surface area (TPSA) is 79.3 Å². The second kappa shape index (κ2) is 6.78. The van der Waals surface area contributed by atoms with Crippen LogP contribution in [0.25, 0.3) is 0 Å². The Bertz CT molecular complexity index is 765. The van der Waals surface area contributed by atoms with Crippen molar-refractivity contribution in [3.63, 3.8) is 0 Å². The quantitative estimate of drug-likeness (QED) is 0.900. The van der Waals surface area contributed by atoms with Gasteiger partial charge in [-0.3, -0.25) is 4.79 Å². The minimum atomic E-state index is -1.34. The SMILES string of the molecule is CC(C)(C)c1ccc(NC(=O)Cc2ccc(C(=O)O)c(F)c2)nc1. The Morgan fingerprint density at radius 1 is 1.21 bits per heavy atom. The summed E-state index contributed by atoms with van der Waals surface area (Å²) >= 11 is 0. The van der Waals surface area contributed by atoms with Gasteiger partial charge < -0.3 is 10.4 Å². The van der Waals surface area contributed by atoms with Gasteiger partial charge in [-0.25, -0.2) is 14.2 Å². The minimum absolute atomic E-state index is 0.0288. The summed E-state index contributed by atoms with van der Waals surface area (Å²) in [6.07, 6.45) is 1.64. The van der Waals surface area contributed by atoms with Crippen LogP contribution in [0.15, 0.2) is 36.5 Å². The molecule has 1 aromatic carbocycles. The molecule has 0 fully saturated rings. The van der Waals surface area contributed by atoms with E-state index in [0.29, 0.717) is 11.4 Å².